The van der Waals surface area contributed by atoms with Crippen molar-refractivity contribution in [2.75, 3.05) is 13.7 Å². The molecule has 2 nitrogen and oxygen atoms in total. The number of hydrogen-bond acceptors (Lipinski definition) is 2. The van der Waals surface area contributed by atoms with E-state index in [9.17, 15) is 0 Å². The first kappa shape index (κ1) is 14.8. The molecule has 4 aliphatic rings. The summed E-state index contributed by atoms with van der Waals surface area (Å²) in [7, 11) is 1.78. The van der Waals surface area contributed by atoms with E-state index in [1.807, 2.05) is 0 Å². The van der Waals surface area contributed by atoms with Crippen molar-refractivity contribution in [1.82, 2.24) is 0 Å². The third-order valence-electron chi connectivity index (χ3n) is 6.36. The molecular formula is C18H33NO. The van der Waals surface area contributed by atoms with Gasteiger partial charge < -0.3 is 10.5 Å². The number of rotatable bonds is 6. The maximum absolute atomic E-state index is 6.47. The largest absolute Gasteiger partial charge is 0.385 e. The second-order valence-electron chi connectivity index (χ2n) is 9.23. The van der Waals surface area contributed by atoms with Crippen LogP contribution in [0.1, 0.15) is 71.6 Å². The molecule has 0 spiro atoms. The molecule has 0 aromatic rings. The lowest BCUT2D eigenvalue weighted by Crippen LogP contribution is -2.56. The van der Waals surface area contributed by atoms with Crippen LogP contribution in [-0.2, 0) is 4.74 Å². The van der Waals surface area contributed by atoms with E-state index in [0.717, 1.165) is 25.4 Å². The first-order valence-corrected chi connectivity index (χ1v) is 8.61. The molecule has 116 valence electrons. The lowest BCUT2D eigenvalue weighted by atomic mass is 9.39. The van der Waals surface area contributed by atoms with Crippen LogP contribution in [0.2, 0.25) is 0 Å². The second kappa shape index (κ2) is 4.98. The van der Waals surface area contributed by atoms with Crippen LogP contribution >= 0.6 is 0 Å². The molecule has 2 heteroatoms. The van der Waals surface area contributed by atoms with Crippen molar-refractivity contribution in [2.24, 2.45) is 27.9 Å². The Morgan fingerprint density at radius 1 is 1.10 bits per heavy atom. The molecule has 4 fully saturated rings. The fourth-order valence-electron chi connectivity index (χ4n) is 7.06. The van der Waals surface area contributed by atoms with Crippen LogP contribution in [0.3, 0.4) is 0 Å². The van der Waals surface area contributed by atoms with Gasteiger partial charge in [-0.2, -0.15) is 0 Å². The summed E-state index contributed by atoms with van der Waals surface area (Å²) in [6.45, 7) is 5.97. The van der Waals surface area contributed by atoms with E-state index in [0.29, 0.717) is 22.3 Å². The fraction of sp³-hybridized carbons (Fsp3) is 1.00. The zero-order chi connectivity index (χ0) is 14.4. The van der Waals surface area contributed by atoms with Gasteiger partial charge in [0.15, 0.2) is 0 Å². The van der Waals surface area contributed by atoms with Gasteiger partial charge in [-0.15, -0.1) is 0 Å². The molecule has 0 aromatic heterocycles. The molecule has 2 N–H and O–H groups in total. The number of hydrogen-bond donors (Lipinski definition) is 1. The Morgan fingerprint density at radius 2 is 1.75 bits per heavy atom. The minimum atomic E-state index is 0.383. The van der Waals surface area contributed by atoms with Gasteiger partial charge in [0, 0.05) is 19.8 Å². The lowest BCUT2D eigenvalue weighted by Gasteiger charge is -2.66. The highest BCUT2D eigenvalue weighted by atomic mass is 16.5. The third kappa shape index (κ3) is 2.78. The highest BCUT2D eigenvalue weighted by molar-refractivity contribution is 5.10. The average Bonchev–Trinajstić information content (AvgIpc) is 2.22. The summed E-state index contributed by atoms with van der Waals surface area (Å²) < 4.78 is 5.16. The van der Waals surface area contributed by atoms with Gasteiger partial charge in [0.1, 0.15) is 0 Å². The first-order valence-electron chi connectivity index (χ1n) is 8.61. The van der Waals surface area contributed by atoms with Gasteiger partial charge in [-0.1, -0.05) is 13.8 Å². The predicted octanol–water partition coefficient (Wildman–Crippen LogP) is 4.13. The summed E-state index contributed by atoms with van der Waals surface area (Å²) in [6.07, 6.45) is 12.3. The Labute approximate surface area is 124 Å². The van der Waals surface area contributed by atoms with E-state index < -0.39 is 0 Å². The highest BCUT2D eigenvalue weighted by Gasteiger charge is 2.59. The maximum Gasteiger partial charge on any atom is 0.0462 e. The number of nitrogens with two attached hydrogens (primary N) is 1. The normalized spacial score (nSPS) is 47.7. The molecule has 4 rings (SSSR count). The van der Waals surface area contributed by atoms with Gasteiger partial charge in [0.2, 0.25) is 0 Å². The standard InChI is InChI=1S/C18H33NO/c1-16-7-14-8-17(2,11-16)13-18(9-14,12-16)10-15(19)5-4-6-20-3/h14-15H,4-13,19H2,1-3H3. The van der Waals surface area contributed by atoms with E-state index in [1.54, 1.807) is 7.11 Å². The highest BCUT2D eigenvalue weighted by Crippen LogP contribution is 2.70. The zero-order valence-corrected chi connectivity index (χ0v) is 13.7. The van der Waals surface area contributed by atoms with Gasteiger partial charge in [-0.05, 0) is 80.0 Å². The molecule has 3 atom stereocenters. The van der Waals surface area contributed by atoms with Crippen molar-refractivity contribution in [3.63, 3.8) is 0 Å². The second-order valence-corrected chi connectivity index (χ2v) is 9.23. The van der Waals surface area contributed by atoms with Crippen LogP contribution in [0.25, 0.3) is 0 Å². The van der Waals surface area contributed by atoms with E-state index >= 15 is 0 Å². The Morgan fingerprint density at radius 3 is 2.30 bits per heavy atom. The molecule has 20 heavy (non-hydrogen) atoms. The lowest BCUT2D eigenvalue weighted by molar-refractivity contribution is -0.149. The molecular weight excluding hydrogens is 246 g/mol. The van der Waals surface area contributed by atoms with Crippen LogP contribution < -0.4 is 5.73 Å². The average molecular weight is 279 g/mol. The molecule has 0 aliphatic heterocycles. The van der Waals surface area contributed by atoms with Crippen LogP contribution in [0.4, 0.5) is 0 Å². The molecule has 0 aromatic carbocycles. The monoisotopic (exact) mass is 279 g/mol. The molecule has 4 aliphatic carbocycles. The Balaban J connectivity index is 1.66. The van der Waals surface area contributed by atoms with Crippen molar-refractivity contribution in [3.8, 4) is 0 Å². The van der Waals surface area contributed by atoms with Crippen LogP contribution in [-0.4, -0.2) is 19.8 Å². The minimum Gasteiger partial charge on any atom is -0.385 e. The van der Waals surface area contributed by atoms with Gasteiger partial charge in [0.25, 0.3) is 0 Å². The number of methoxy groups -OCH3 is 1. The van der Waals surface area contributed by atoms with Crippen molar-refractivity contribution < 1.29 is 4.74 Å². The van der Waals surface area contributed by atoms with Crippen molar-refractivity contribution in [1.29, 1.82) is 0 Å². The van der Waals surface area contributed by atoms with E-state index in [4.69, 9.17) is 10.5 Å². The summed E-state index contributed by atoms with van der Waals surface area (Å²) in [5.74, 6) is 0.993. The van der Waals surface area contributed by atoms with Gasteiger partial charge in [-0.3, -0.25) is 0 Å². The fourth-order valence-corrected chi connectivity index (χ4v) is 7.06. The van der Waals surface area contributed by atoms with Crippen LogP contribution in [0.15, 0.2) is 0 Å². The topological polar surface area (TPSA) is 35.2 Å². The van der Waals surface area contributed by atoms with E-state index in [1.165, 1.54) is 44.9 Å². The summed E-state index contributed by atoms with van der Waals surface area (Å²) in [6, 6.07) is 0.383. The Hall–Kier alpha value is -0.0800. The van der Waals surface area contributed by atoms with E-state index in [2.05, 4.69) is 13.8 Å². The summed E-state index contributed by atoms with van der Waals surface area (Å²) in [5.41, 5.74) is 8.30. The van der Waals surface area contributed by atoms with Gasteiger partial charge in [0.05, 0.1) is 0 Å². The van der Waals surface area contributed by atoms with E-state index in [-0.39, 0.29) is 0 Å². The Bertz CT molecular complexity index is 348. The van der Waals surface area contributed by atoms with Crippen molar-refractivity contribution in [3.05, 3.63) is 0 Å². The van der Waals surface area contributed by atoms with Crippen molar-refractivity contribution >= 4 is 0 Å². The van der Waals surface area contributed by atoms with Crippen molar-refractivity contribution in [2.45, 2.75) is 77.7 Å². The molecule has 3 unspecified atom stereocenters. The van der Waals surface area contributed by atoms with Crippen LogP contribution in [0, 0.1) is 22.2 Å². The van der Waals surface area contributed by atoms with Gasteiger partial charge >= 0.3 is 0 Å². The quantitative estimate of drug-likeness (QED) is 0.742. The molecule has 0 radical (unpaired) electrons. The third-order valence-corrected chi connectivity index (χ3v) is 6.36. The summed E-state index contributed by atoms with van der Waals surface area (Å²) in [5, 5.41) is 0. The minimum absolute atomic E-state index is 0.383. The molecule has 4 saturated carbocycles. The molecule has 0 heterocycles. The molecule has 0 saturated heterocycles. The Kier molecular flexibility index (Phi) is 3.70. The van der Waals surface area contributed by atoms with Gasteiger partial charge in [-0.25, -0.2) is 0 Å². The first-order chi connectivity index (χ1) is 9.36. The summed E-state index contributed by atoms with van der Waals surface area (Å²) in [4.78, 5) is 0. The smallest absolute Gasteiger partial charge is 0.0462 e. The molecule has 0 amide bonds. The summed E-state index contributed by atoms with van der Waals surface area (Å²) >= 11 is 0. The zero-order valence-electron chi connectivity index (χ0n) is 13.7. The molecule has 4 bridgehead atoms. The predicted molar refractivity (Wildman–Crippen MR) is 83.5 cm³/mol. The number of ether oxygens (including phenoxy) is 1. The maximum atomic E-state index is 6.47. The SMILES string of the molecule is COCCCC(N)CC12CC3CC(C)(CC(C)(C3)C1)C2. The van der Waals surface area contributed by atoms with Crippen LogP contribution in [0.5, 0.6) is 0 Å².